The summed E-state index contributed by atoms with van der Waals surface area (Å²) in [6, 6.07) is 1.23. The molecule has 0 amide bonds. The minimum Gasteiger partial charge on any atom is -0.508 e. The smallest absolute Gasteiger partial charge is 0.456 e. The van der Waals surface area contributed by atoms with Gasteiger partial charge in [-0.3, -0.25) is 0 Å². The molecule has 29 heavy (non-hydrogen) atoms. The minimum atomic E-state index is -6.05. The number of aromatic hydroxyl groups is 1. The molecule has 0 aliphatic carbocycles. The third kappa shape index (κ3) is 6.12. The molecule has 164 valence electrons. The molecule has 1 aromatic rings. The number of ether oxygens (including phenoxy) is 2. The second-order valence-electron chi connectivity index (χ2n) is 5.33. The summed E-state index contributed by atoms with van der Waals surface area (Å²) in [6.07, 6.45) is -12.1. The fraction of sp³-hybridized carbons (Fsp3) is 0.429. The van der Waals surface area contributed by atoms with Gasteiger partial charge in [-0.15, -0.1) is 0 Å². The fourth-order valence-corrected chi connectivity index (χ4v) is 1.49. The number of carbonyl (C=O) groups is 2. The summed E-state index contributed by atoms with van der Waals surface area (Å²) < 4.78 is 130. The zero-order valence-corrected chi connectivity index (χ0v) is 13.5. The maximum absolute atomic E-state index is 12.7. The Hall–Kier alpha value is -2.74. The van der Waals surface area contributed by atoms with E-state index in [4.69, 9.17) is 0 Å². The zero-order chi connectivity index (χ0) is 22.8. The first-order chi connectivity index (χ1) is 12.9. The number of esters is 2. The largest absolute Gasteiger partial charge is 0.508 e. The normalized spacial score (nSPS) is 13.2. The first-order valence-corrected chi connectivity index (χ1v) is 6.95. The third-order valence-electron chi connectivity index (χ3n) is 2.99. The number of rotatable bonds is 6. The Morgan fingerprint density at radius 3 is 1.28 bits per heavy atom. The number of halogens is 10. The van der Waals surface area contributed by atoms with Gasteiger partial charge in [-0.1, -0.05) is 0 Å². The number of hydrogen-bond acceptors (Lipinski definition) is 5. The van der Waals surface area contributed by atoms with Crippen LogP contribution < -0.4 is 0 Å². The van der Waals surface area contributed by atoms with E-state index < -0.39 is 66.2 Å². The average molecular weight is 446 g/mol. The van der Waals surface area contributed by atoms with Gasteiger partial charge in [0.05, 0.1) is 11.1 Å². The van der Waals surface area contributed by atoms with Crippen LogP contribution >= 0.6 is 0 Å². The quantitative estimate of drug-likeness (QED) is 0.527. The lowest BCUT2D eigenvalue weighted by atomic mass is 10.1. The number of alkyl halides is 10. The maximum Gasteiger partial charge on any atom is 0.456 e. The topological polar surface area (TPSA) is 72.8 Å². The van der Waals surface area contributed by atoms with Crippen molar-refractivity contribution < 1.29 is 68.1 Å². The lowest BCUT2D eigenvalue weighted by molar-refractivity contribution is -0.292. The van der Waals surface area contributed by atoms with Crippen LogP contribution in [0.25, 0.3) is 0 Å². The molecular formula is C14H8F10O5. The van der Waals surface area contributed by atoms with Crippen LogP contribution in [0.4, 0.5) is 43.9 Å². The van der Waals surface area contributed by atoms with Crippen molar-refractivity contribution in [1.29, 1.82) is 0 Å². The van der Waals surface area contributed by atoms with Crippen LogP contribution in [0, 0.1) is 0 Å². The van der Waals surface area contributed by atoms with Gasteiger partial charge in [0, 0.05) is 0 Å². The van der Waals surface area contributed by atoms with E-state index in [9.17, 15) is 58.6 Å². The molecule has 0 aromatic heterocycles. The molecule has 0 saturated carbocycles. The molecule has 1 rings (SSSR count). The highest BCUT2D eigenvalue weighted by atomic mass is 19.4. The Labute approximate surface area is 153 Å². The van der Waals surface area contributed by atoms with E-state index in [0.29, 0.717) is 18.2 Å². The molecule has 0 spiro atoms. The van der Waals surface area contributed by atoms with Gasteiger partial charge in [-0.2, -0.15) is 43.9 Å². The first-order valence-electron chi connectivity index (χ1n) is 6.95. The Kier molecular flexibility index (Phi) is 6.66. The van der Waals surface area contributed by atoms with Crippen LogP contribution in [0.3, 0.4) is 0 Å². The van der Waals surface area contributed by atoms with E-state index in [1.54, 1.807) is 0 Å². The number of benzene rings is 1. The molecule has 1 aromatic carbocycles. The Bertz CT molecular complexity index is 709. The molecule has 0 unspecified atom stereocenters. The maximum atomic E-state index is 12.7. The summed E-state index contributed by atoms with van der Waals surface area (Å²) in [7, 11) is 0. The summed E-state index contributed by atoms with van der Waals surface area (Å²) in [5, 5.41) is 9.33. The standard InChI is InChI=1S/C14H8F10O5/c15-11(16,13(19,20)21)4-28-9(26)6-1-7(3-8(25)2-6)10(27)29-5-12(17,18)14(22,23)24/h1-3,25H,4-5H2. The van der Waals surface area contributed by atoms with Gasteiger partial charge in [0.1, 0.15) is 5.75 Å². The lowest BCUT2D eigenvalue weighted by Gasteiger charge is -2.19. The van der Waals surface area contributed by atoms with E-state index in [1.807, 2.05) is 0 Å². The average Bonchev–Trinajstić information content (AvgIpc) is 2.55. The second kappa shape index (κ2) is 7.94. The monoisotopic (exact) mass is 446 g/mol. The number of carbonyl (C=O) groups excluding carboxylic acids is 2. The van der Waals surface area contributed by atoms with Gasteiger partial charge in [0.25, 0.3) is 0 Å². The number of hydrogen-bond donors (Lipinski definition) is 1. The molecular weight excluding hydrogens is 438 g/mol. The highest BCUT2D eigenvalue weighted by Crippen LogP contribution is 2.36. The van der Waals surface area contributed by atoms with E-state index in [1.165, 1.54) is 0 Å². The highest BCUT2D eigenvalue weighted by Gasteiger charge is 2.59. The van der Waals surface area contributed by atoms with Crippen molar-refractivity contribution in [3.63, 3.8) is 0 Å². The van der Waals surface area contributed by atoms with Crippen LogP contribution in [0.5, 0.6) is 5.75 Å². The van der Waals surface area contributed by atoms with Gasteiger partial charge in [0.2, 0.25) is 0 Å². The van der Waals surface area contributed by atoms with Gasteiger partial charge < -0.3 is 14.6 Å². The second-order valence-corrected chi connectivity index (χ2v) is 5.33. The van der Waals surface area contributed by atoms with Crippen LogP contribution in [-0.2, 0) is 9.47 Å². The van der Waals surface area contributed by atoms with Gasteiger partial charge >= 0.3 is 36.1 Å². The lowest BCUT2D eigenvalue weighted by Crippen LogP contribution is -2.41. The van der Waals surface area contributed by atoms with Crippen LogP contribution in [-0.4, -0.2) is 54.5 Å². The predicted octanol–water partition coefficient (Wildman–Crippen LogP) is 4.10. The Balaban J connectivity index is 2.92. The molecule has 0 bridgehead atoms. The van der Waals surface area contributed by atoms with Crippen molar-refractivity contribution in [2.75, 3.05) is 13.2 Å². The first kappa shape index (κ1) is 24.3. The summed E-state index contributed by atoms with van der Waals surface area (Å²) in [5.74, 6) is -15.6. The van der Waals surface area contributed by atoms with Crippen LogP contribution in [0.2, 0.25) is 0 Å². The molecule has 0 aliphatic heterocycles. The van der Waals surface area contributed by atoms with Gasteiger partial charge in [0.15, 0.2) is 13.2 Å². The molecule has 5 nitrogen and oxygen atoms in total. The van der Waals surface area contributed by atoms with Gasteiger partial charge in [-0.25, -0.2) is 9.59 Å². The predicted molar refractivity (Wildman–Crippen MR) is 70.7 cm³/mol. The van der Waals surface area contributed by atoms with E-state index in [-0.39, 0.29) is 0 Å². The molecule has 0 atom stereocenters. The summed E-state index contributed by atoms with van der Waals surface area (Å²) >= 11 is 0. The van der Waals surface area contributed by atoms with E-state index in [0.717, 1.165) is 0 Å². The van der Waals surface area contributed by atoms with Crippen molar-refractivity contribution in [2.24, 2.45) is 0 Å². The van der Waals surface area contributed by atoms with Crippen molar-refractivity contribution in [3.05, 3.63) is 29.3 Å². The molecule has 0 saturated heterocycles. The number of phenolic OH excluding ortho intramolecular Hbond substituents is 1. The Morgan fingerprint density at radius 2 is 1.00 bits per heavy atom. The molecule has 1 N–H and O–H groups in total. The van der Waals surface area contributed by atoms with Crippen molar-refractivity contribution in [3.8, 4) is 5.75 Å². The van der Waals surface area contributed by atoms with E-state index >= 15 is 0 Å². The molecule has 0 fully saturated rings. The molecule has 15 heteroatoms. The SMILES string of the molecule is O=C(OCC(F)(F)C(F)(F)F)c1cc(O)cc(C(=O)OCC(F)(F)C(F)(F)F)c1. The fourth-order valence-electron chi connectivity index (χ4n) is 1.49. The summed E-state index contributed by atoms with van der Waals surface area (Å²) in [5.41, 5.74) is -1.98. The molecule has 0 heterocycles. The third-order valence-corrected chi connectivity index (χ3v) is 2.99. The molecule has 0 aliphatic rings. The van der Waals surface area contributed by atoms with Crippen LogP contribution in [0.15, 0.2) is 18.2 Å². The summed E-state index contributed by atoms with van der Waals surface area (Å²) in [6.45, 7) is -4.91. The zero-order valence-electron chi connectivity index (χ0n) is 13.5. The minimum absolute atomic E-state index is 0.349. The molecule has 0 radical (unpaired) electrons. The van der Waals surface area contributed by atoms with Crippen LogP contribution in [0.1, 0.15) is 20.7 Å². The van der Waals surface area contributed by atoms with Crippen molar-refractivity contribution in [1.82, 2.24) is 0 Å². The Morgan fingerprint density at radius 1 is 0.690 bits per heavy atom. The highest BCUT2D eigenvalue weighted by molar-refractivity contribution is 5.96. The number of phenols is 1. The van der Waals surface area contributed by atoms with Crippen molar-refractivity contribution >= 4 is 11.9 Å². The van der Waals surface area contributed by atoms with Gasteiger partial charge in [-0.05, 0) is 18.2 Å². The van der Waals surface area contributed by atoms with Crippen molar-refractivity contribution in [2.45, 2.75) is 24.2 Å². The summed E-state index contributed by atoms with van der Waals surface area (Å²) in [4.78, 5) is 23.1. The van der Waals surface area contributed by atoms with E-state index in [2.05, 4.69) is 9.47 Å².